The molecule has 0 spiro atoms. The number of hydrogen-bond donors (Lipinski definition) is 1. The van der Waals surface area contributed by atoms with Gasteiger partial charge in [-0.05, 0) is 6.42 Å². The summed E-state index contributed by atoms with van der Waals surface area (Å²) in [7, 11) is 1.72. The third kappa shape index (κ3) is 2.49. The van der Waals surface area contributed by atoms with Crippen molar-refractivity contribution < 1.29 is 14.1 Å². The molecule has 2 amide bonds. The maximum atomic E-state index is 11.4. The van der Waals surface area contributed by atoms with Crippen LogP contribution in [0.1, 0.15) is 43.9 Å². The first-order valence-corrected chi connectivity index (χ1v) is 5.96. The van der Waals surface area contributed by atoms with Crippen LogP contribution in [0.3, 0.4) is 0 Å². The van der Waals surface area contributed by atoms with E-state index in [1.54, 1.807) is 18.9 Å². The normalized spacial score (nSPS) is 19.3. The Hall–Kier alpha value is -1.92. The smallest absolute Gasteiger partial charge is 0.249 e. The van der Waals surface area contributed by atoms with Crippen LogP contribution >= 0.6 is 0 Å². The molecule has 1 aromatic heterocycles. The van der Waals surface area contributed by atoms with E-state index in [-0.39, 0.29) is 24.4 Å². The van der Waals surface area contributed by atoms with Gasteiger partial charge in [0.15, 0.2) is 5.82 Å². The van der Waals surface area contributed by atoms with Crippen LogP contribution < -0.4 is 5.32 Å². The fourth-order valence-electron chi connectivity index (χ4n) is 1.87. The molecule has 0 radical (unpaired) electrons. The van der Waals surface area contributed by atoms with Gasteiger partial charge in [0, 0.05) is 19.9 Å². The number of carbonyl (C=O) groups is 2. The largest absolute Gasteiger partial charge is 0.349 e. The summed E-state index contributed by atoms with van der Waals surface area (Å²) in [6, 6.07) is -0.138. The molecule has 0 aromatic carbocycles. The summed E-state index contributed by atoms with van der Waals surface area (Å²) in [6.45, 7) is 2.02. The third-order valence-corrected chi connectivity index (χ3v) is 3.03. The minimum Gasteiger partial charge on any atom is -0.349 e. The van der Waals surface area contributed by atoms with Gasteiger partial charge in [0.25, 0.3) is 0 Å². The molecule has 1 fully saturated rings. The first kappa shape index (κ1) is 12.5. The van der Waals surface area contributed by atoms with Crippen LogP contribution in [0.5, 0.6) is 0 Å². The van der Waals surface area contributed by atoms with E-state index in [2.05, 4.69) is 15.5 Å². The van der Waals surface area contributed by atoms with E-state index in [1.807, 2.05) is 0 Å². The van der Waals surface area contributed by atoms with Crippen LogP contribution in [0, 0.1) is 0 Å². The van der Waals surface area contributed by atoms with Gasteiger partial charge in [-0.1, -0.05) is 12.1 Å². The molecule has 0 saturated carbocycles. The van der Waals surface area contributed by atoms with Crippen molar-refractivity contribution in [2.24, 2.45) is 0 Å². The van der Waals surface area contributed by atoms with Gasteiger partial charge >= 0.3 is 0 Å². The van der Waals surface area contributed by atoms with Crippen molar-refractivity contribution in [1.82, 2.24) is 20.4 Å². The molecule has 1 atom stereocenters. The zero-order chi connectivity index (χ0) is 13.1. The molecule has 1 N–H and O–H groups in total. The fourth-order valence-corrected chi connectivity index (χ4v) is 1.87. The maximum Gasteiger partial charge on any atom is 0.249 e. The van der Waals surface area contributed by atoms with E-state index in [1.165, 1.54) is 0 Å². The van der Waals surface area contributed by atoms with Crippen molar-refractivity contribution >= 4 is 11.8 Å². The Morgan fingerprint density at radius 2 is 2.39 bits per heavy atom. The van der Waals surface area contributed by atoms with Gasteiger partial charge in [-0.3, -0.25) is 9.59 Å². The summed E-state index contributed by atoms with van der Waals surface area (Å²) < 4.78 is 5.13. The predicted molar refractivity (Wildman–Crippen MR) is 61.2 cm³/mol. The third-order valence-electron chi connectivity index (χ3n) is 3.03. The summed E-state index contributed by atoms with van der Waals surface area (Å²) >= 11 is 0. The lowest BCUT2D eigenvalue weighted by molar-refractivity contribution is -0.128. The lowest BCUT2D eigenvalue weighted by atomic mass is 10.2. The average Bonchev–Trinajstić information content (AvgIpc) is 2.95. The van der Waals surface area contributed by atoms with E-state index >= 15 is 0 Å². The quantitative estimate of drug-likeness (QED) is 0.837. The lowest BCUT2D eigenvalue weighted by Gasteiger charge is -2.14. The van der Waals surface area contributed by atoms with E-state index in [4.69, 9.17) is 4.52 Å². The highest BCUT2D eigenvalue weighted by Crippen LogP contribution is 2.29. The summed E-state index contributed by atoms with van der Waals surface area (Å²) in [4.78, 5) is 28.3. The first-order valence-electron chi connectivity index (χ1n) is 5.96. The summed E-state index contributed by atoms with van der Waals surface area (Å²) in [5.74, 6) is 0.886. The van der Waals surface area contributed by atoms with Crippen molar-refractivity contribution in [1.29, 1.82) is 0 Å². The van der Waals surface area contributed by atoms with E-state index in [9.17, 15) is 9.59 Å². The Kier molecular flexibility index (Phi) is 3.59. The number of carbonyl (C=O) groups excluding carboxylic acids is 2. The van der Waals surface area contributed by atoms with Crippen LogP contribution in [0.4, 0.5) is 0 Å². The predicted octanol–water partition coefficient (Wildman–Crippen LogP) is 0.389. The zero-order valence-corrected chi connectivity index (χ0v) is 10.5. The summed E-state index contributed by atoms with van der Waals surface area (Å²) in [5.41, 5.74) is 0. The van der Waals surface area contributed by atoms with Crippen LogP contribution in [-0.2, 0) is 16.1 Å². The second kappa shape index (κ2) is 5.16. The molecule has 18 heavy (non-hydrogen) atoms. The van der Waals surface area contributed by atoms with Crippen molar-refractivity contribution in [2.45, 2.75) is 38.8 Å². The maximum absolute atomic E-state index is 11.4. The number of hydrogen-bond acceptors (Lipinski definition) is 5. The minimum atomic E-state index is -0.138. The summed E-state index contributed by atoms with van der Waals surface area (Å²) in [5, 5.41) is 6.46. The Bertz CT molecular complexity index is 457. The molecule has 0 aliphatic carbocycles. The Labute approximate surface area is 105 Å². The van der Waals surface area contributed by atoms with Gasteiger partial charge in [0.2, 0.25) is 17.7 Å². The van der Waals surface area contributed by atoms with Gasteiger partial charge in [-0.2, -0.15) is 4.98 Å². The Morgan fingerprint density at radius 3 is 3.00 bits per heavy atom. The zero-order valence-electron chi connectivity index (χ0n) is 10.5. The van der Waals surface area contributed by atoms with Crippen LogP contribution in [0.2, 0.25) is 0 Å². The molecule has 7 heteroatoms. The highest BCUT2D eigenvalue weighted by atomic mass is 16.5. The molecule has 1 aliphatic rings. The molecule has 1 aliphatic heterocycles. The average molecular weight is 252 g/mol. The molecule has 1 saturated heterocycles. The van der Waals surface area contributed by atoms with Crippen molar-refractivity contribution in [3.63, 3.8) is 0 Å². The monoisotopic (exact) mass is 252 g/mol. The second-order valence-electron chi connectivity index (χ2n) is 4.24. The number of nitrogens with zero attached hydrogens (tertiary/aromatic N) is 3. The van der Waals surface area contributed by atoms with Crippen LogP contribution in [0.15, 0.2) is 4.52 Å². The molecule has 2 rings (SSSR count). The van der Waals surface area contributed by atoms with Gasteiger partial charge in [-0.25, -0.2) is 0 Å². The Morgan fingerprint density at radius 1 is 1.61 bits per heavy atom. The highest BCUT2D eigenvalue weighted by molar-refractivity contribution is 5.78. The molecule has 0 bridgehead atoms. The topological polar surface area (TPSA) is 88.3 Å². The molecule has 2 heterocycles. The first-order chi connectivity index (χ1) is 8.61. The molecular formula is C11H16N4O3. The SMILES string of the molecule is CCC(=O)NCc1noc([C@@H]2CCC(=O)N2C)n1. The number of rotatable bonds is 4. The number of nitrogens with one attached hydrogen (secondary N) is 1. The van der Waals surface area contributed by atoms with Gasteiger partial charge < -0.3 is 14.7 Å². The number of likely N-dealkylation sites (tertiary alicyclic amines) is 1. The van der Waals surface area contributed by atoms with E-state index in [0.717, 1.165) is 0 Å². The molecule has 7 nitrogen and oxygen atoms in total. The minimum absolute atomic E-state index is 0.0606. The van der Waals surface area contributed by atoms with Gasteiger partial charge in [0.1, 0.15) is 6.04 Å². The molecule has 0 unspecified atom stereocenters. The van der Waals surface area contributed by atoms with Crippen molar-refractivity contribution in [3.05, 3.63) is 11.7 Å². The van der Waals surface area contributed by atoms with Crippen LogP contribution in [-0.4, -0.2) is 33.9 Å². The highest BCUT2D eigenvalue weighted by Gasteiger charge is 2.33. The Balaban J connectivity index is 1.98. The molecule has 98 valence electrons. The fraction of sp³-hybridized carbons (Fsp3) is 0.636. The van der Waals surface area contributed by atoms with E-state index in [0.29, 0.717) is 31.0 Å². The van der Waals surface area contributed by atoms with Gasteiger partial charge in [-0.15, -0.1) is 0 Å². The summed E-state index contributed by atoms with van der Waals surface area (Å²) in [6.07, 6.45) is 1.62. The standard InChI is InChI=1S/C11H16N4O3/c1-3-9(16)12-6-8-13-11(18-14-8)7-4-5-10(17)15(7)2/h7H,3-6H2,1-2H3,(H,12,16)/t7-/m0/s1. The number of aromatic nitrogens is 2. The molecule has 1 aromatic rings. The van der Waals surface area contributed by atoms with Gasteiger partial charge in [0.05, 0.1) is 6.54 Å². The van der Waals surface area contributed by atoms with Crippen molar-refractivity contribution in [2.75, 3.05) is 7.05 Å². The van der Waals surface area contributed by atoms with Crippen LogP contribution in [0.25, 0.3) is 0 Å². The van der Waals surface area contributed by atoms with E-state index < -0.39 is 0 Å². The van der Waals surface area contributed by atoms with Crippen molar-refractivity contribution in [3.8, 4) is 0 Å². The number of amides is 2. The second-order valence-corrected chi connectivity index (χ2v) is 4.24. The molecular weight excluding hydrogens is 236 g/mol. The lowest BCUT2D eigenvalue weighted by Crippen LogP contribution is -2.23.